The molecule has 2 aliphatic heterocycles. The summed E-state index contributed by atoms with van der Waals surface area (Å²) in [7, 11) is 1.63. The van der Waals surface area contributed by atoms with Crippen LogP contribution in [0.5, 0.6) is 5.75 Å². The summed E-state index contributed by atoms with van der Waals surface area (Å²) in [5.41, 5.74) is 14.1. The van der Waals surface area contributed by atoms with Gasteiger partial charge in [-0.2, -0.15) is 0 Å². The van der Waals surface area contributed by atoms with Crippen LogP contribution in [0.25, 0.3) is 22.3 Å². The van der Waals surface area contributed by atoms with Gasteiger partial charge in [0.25, 0.3) is 0 Å². The predicted molar refractivity (Wildman–Crippen MR) is 259 cm³/mol. The normalized spacial score (nSPS) is 16.0. The second-order valence-electron chi connectivity index (χ2n) is 17.0. The second-order valence-corrected chi connectivity index (χ2v) is 17.0. The van der Waals surface area contributed by atoms with Crippen LogP contribution >= 0.6 is 0 Å². The Morgan fingerprint density at radius 3 is 1.66 bits per heavy atom. The van der Waals surface area contributed by atoms with Crippen molar-refractivity contribution in [2.24, 2.45) is 0 Å². The highest BCUT2D eigenvalue weighted by molar-refractivity contribution is 5.79. The van der Waals surface area contributed by atoms with Gasteiger partial charge in [-0.15, -0.1) is 0 Å². The zero-order chi connectivity index (χ0) is 45.7. The minimum Gasteiger partial charge on any atom is -0.496 e. The van der Waals surface area contributed by atoms with E-state index in [1.807, 2.05) is 67.0 Å². The van der Waals surface area contributed by atoms with Gasteiger partial charge in [0.05, 0.1) is 46.4 Å². The number of anilines is 2. The molecule has 0 unspecified atom stereocenters. The first-order valence-electron chi connectivity index (χ1n) is 22.6. The van der Waals surface area contributed by atoms with E-state index in [0.29, 0.717) is 25.2 Å². The molecule has 0 aliphatic carbocycles. The number of benzene rings is 4. The van der Waals surface area contributed by atoms with Crippen molar-refractivity contribution in [3.63, 3.8) is 0 Å². The van der Waals surface area contributed by atoms with Gasteiger partial charge in [0.15, 0.2) is 0 Å². The van der Waals surface area contributed by atoms with Gasteiger partial charge in [0.1, 0.15) is 5.75 Å². The molecule has 6 aromatic rings. The van der Waals surface area contributed by atoms with E-state index in [2.05, 4.69) is 120 Å². The summed E-state index contributed by atoms with van der Waals surface area (Å²) in [6, 6.07) is 37.7. The van der Waals surface area contributed by atoms with Crippen molar-refractivity contribution in [2.45, 2.75) is 72.6 Å². The minimum atomic E-state index is -0.0682. The van der Waals surface area contributed by atoms with Crippen molar-refractivity contribution < 1.29 is 23.8 Å². The summed E-state index contributed by atoms with van der Waals surface area (Å²) in [6.45, 7) is 16.6. The number of carbonyl (C=O) groups is 2. The molecular weight excluding hydrogens is 813 g/mol. The fourth-order valence-corrected chi connectivity index (χ4v) is 8.42. The molecule has 0 saturated carbocycles. The molecule has 2 aromatic heterocycles. The van der Waals surface area contributed by atoms with Gasteiger partial charge < -0.3 is 34.6 Å². The van der Waals surface area contributed by atoms with Gasteiger partial charge in [-0.25, -0.2) is 0 Å². The monoisotopic (exact) mass is 874 g/mol. The van der Waals surface area contributed by atoms with Crippen LogP contribution in [0.4, 0.5) is 11.4 Å². The molecule has 2 fully saturated rings. The average molecular weight is 875 g/mol. The van der Waals surface area contributed by atoms with Crippen molar-refractivity contribution in [1.29, 1.82) is 0 Å². The highest BCUT2D eigenvalue weighted by atomic mass is 16.5. The summed E-state index contributed by atoms with van der Waals surface area (Å²) in [6.07, 6.45) is 4.23. The number of hydrogen-bond acceptors (Lipinski definition) is 9. The topological polar surface area (TPSA) is 118 Å². The lowest BCUT2D eigenvalue weighted by Crippen LogP contribution is -2.43. The van der Waals surface area contributed by atoms with Crippen molar-refractivity contribution in [1.82, 2.24) is 20.6 Å². The van der Waals surface area contributed by atoms with Crippen LogP contribution in [-0.4, -0.2) is 80.5 Å². The first kappa shape index (κ1) is 46.4. The van der Waals surface area contributed by atoms with Crippen LogP contribution < -0.4 is 25.2 Å². The number of pyridine rings is 2. The van der Waals surface area contributed by atoms with Gasteiger partial charge in [0.2, 0.25) is 11.8 Å². The Bertz CT molecular complexity index is 2530. The molecule has 65 heavy (non-hydrogen) atoms. The van der Waals surface area contributed by atoms with Gasteiger partial charge in [-0.3, -0.25) is 19.6 Å². The molecule has 0 bridgehead atoms. The molecule has 2 aliphatic rings. The van der Waals surface area contributed by atoms with Gasteiger partial charge in [0, 0.05) is 90.1 Å². The Morgan fingerprint density at radius 1 is 0.646 bits per heavy atom. The van der Waals surface area contributed by atoms with Gasteiger partial charge >= 0.3 is 0 Å². The fraction of sp³-hybridized carbons (Fsp3) is 0.333. The molecule has 2 amide bonds. The predicted octanol–water partition coefficient (Wildman–Crippen LogP) is 8.60. The number of aromatic nitrogens is 2. The van der Waals surface area contributed by atoms with Crippen molar-refractivity contribution in [3.05, 3.63) is 161 Å². The zero-order valence-corrected chi connectivity index (χ0v) is 38.6. The SMILES string of the molecule is COc1ccccc1CNC(=O)Cc1ccc(-c2ccc(N3CCOC[C@@H]3C)cc2C)cn1.Cc1cccc(CNC(=O)Cc2ccc(-c3ccc(N4CCOC[C@@H]4C)cc3C)cn2)c1. The Hall–Kier alpha value is -6.56. The number of ether oxygens (including phenoxy) is 3. The number of methoxy groups -OCH3 is 1. The lowest BCUT2D eigenvalue weighted by Gasteiger charge is -2.35. The Morgan fingerprint density at radius 2 is 1.18 bits per heavy atom. The number of nitrogens with zero attached hydrogens (tertiary/aromatic N) is 4. The number of hydrogen-bond donors (Lipinski definition) is 2. The number of rotatable bonds is 13. The lowest BCUT2D eigenvalue weighted by atomic mass is 10.00. The first-order valence-corrected chi connectivity index (χ1v) is 22.6. The Labute approximate surface area is 384 Å². The van der Waals surface area contributed by atoms with E-state index in [0.717, 1.165) is 90.0 Å². The summed E-state index contributed by atoms with van der Waals surface area (Å²) in [5, 5.41) is 5.92. The van der Waals surface area contributed by atoms with Crippen LogP contribution in [0, 0.1) is 20.8 Å². The summed E-state index contributed by atoms with van der Waals surface area (Å²) < 4.78 is 16.5. The Kier molecular flexibility index (Phi) is 16.0. The number of morpholine rings is 2. The molecule has 0 radical (unpaired) electrons. The molecule has 0 spiro atoms. The molecule has 8 rings (SSSR count). The number of carbonyl (C=O) groups excluding carboxylic acids is 2. The summed E-state index contributed by atoms with van der Waals surface area (Å²) >= 11 is 0. The van der Waals surface area contributed by atoms with Crippen molar-refractivity contribution >= 4 is 23.2 Å². The average Bonchev–Trinajstić information content (AvgIpc) is 3.31. The largest absolute Gasteiger partial charge is 0.496 e. The third-order valence-electron chi connectivity index (χ3n) is 12.0. The maximum atomic E-state index is 12.4. The molecule has 2 N–H and O–H groups in total. The third kappa shape index (κ3) is 12.6. The van der Waals surface area contributed by atoms with E-state index < -0.39 is 0 Å². The highest BCUT2D eigenvalue weighted by Gasteiger charge is 2.21. The molecule has 338 valence electrons. The van der Waals surface area contributed by atoms with E-state index in [1.165, 1.54) is 28.1 Å². The highest BCUT2D eigenvalue weighted by Crippen LogP contribution is 2.30. The molecule has 11 nitrogen and oxygen atoms in total. The van der Waals surface area contributed by atoms with Crippen LogP contribution in [0.1, 0.15) is 53.1 Å². The lowest BCUT2D eigenvalue weighted by molar-refractivity contribution is -0.121. The molecule has 4 heterocycles. The number of nitrogens with one attached hydrogen (secondary N) is 2. The van der Waals surface area contributed by atoms with Crippen LogP contribution in [0.3, 0.4) is 0 Å². The van der Waals surface area contributed by atoms with Crippen molar-refractivity contribution in [2.75, 3.05) is 56.4 Å². The molecule has 4 aromatic carbocycles. The quantitative estimate of drug-likeness (QED) is 0.118. The molecule has 11 heteroatoms. The third-order valence-corrected chi connectivity index (χ3v) is 12.0. The zero-order valence-electron chi connectivity index (χ0n) is 38.6. The standard InChI is InChI=1S/C27H31N3O3.C27H31N3O2/c1-19-14-24(30-12-13-33-18-20(30)2)10-11-25(19)21-8-9-23(28-16-21)15-27(31)29-17-22-6-4-5-7-26(22)32-3;1-19-5-4-6-22(13-19)16-29-27(31)15-24-8-7-23(17-28-24)26-10-9-25(14-20(26)2)30-11-12-32-18-21(30)3/h4-11,14,16,20H,12-13,15,17-18H2,1-3H3,(H,29,31);4-10,13-14,17,21H,11-12,15-16,18H2,1-3H3,(H,29,31)/t20-;21-/m00/s1. The summed E-state index contributed by atoms with van der Waals surface area (Å²) in [5.74, 6) is 0.679. The van der Waals surface area contributed by atoms with E-state index in [4.69, 9.17) is 14.2 Å². The molecule has 2 atom stereocenters. The minimum absolute atomic E-state index is 0.0214. The van der Waals surface area contributed by atoms with Crippen LogP contribution in [0.15, 0.2) is 122 Å². The maximum absolute atomic E-state index is 12.4. The van der Waals surface area contributed by atoms with E-state index in [9.17, 15) is 9.59 Å². The number of amides is 2. The summed E-state index contributed by atoms with van der Waals surface area (Å²) in [4.78, 5) is 38.6. The second kappa shape index (κ2) is 22.4. The molecule has 2 saturated heterocycles. The van der Waals surface area contributed by atoms with E-state index in [-0.39, 0.29) is 24.7 Å². The fourth-order valence-electron chi connectivity index (χ4n) is 8.42. The van der Waals surface area contributed by atoms with E-state index in [1.54, 1.807) is 7.11 Å². The van der Waals surface area contributed by atoms with E-state index >= 15 is 0 Å². The van der Waals surface area contributed by atoms with Gasteiger partial charge in [-0.1, -0.05) is 72.3 Å². The first-order chi connectivity index (χ1) is 31.5. The smallest absolute Gasteiger partial charge is 0.226 e. The number of aryl methyl sites for hydroxylation is 3. The van der Waals surface area contributed by atoms with Crippen LogP contribution in [0.2, 0.25) is 0 Å². The number of para-hydroxylation sites is 1. The van der Waals surface area contributed by atoms with Crippen molar-refractivity contribution in [3.8, 4) is 28.0 Å². The molecular formula is C54H62N6O5. The maximum Gasteiger partial charge on any atom is 0.226 e. The van der Waals surface area contributed by atoms with Gasteiger partial charge in [-0.05, 0) is 105 Å². The van der Waals surface area contributed by atoms with Crippen LogP contribution in [-0.2, 0) is 45.0 Å². The Balaban J connectivity index is 0.000000194.